The van der Waals surface area contributed by atoms with Gasteiger partial charge < -0.3 is 75.8 Å². The molecule has 0 saturated heterocycles. The lowest BCUT2D eigenvalue weighted by atomic mass is 10.0. The Kier molecular flexibility index (Phi) is 39.5. The van der Waals surface area contributed by atoms with Crippen molar-refractivity contribution in [2.45, 2.75) is 33.5 Å². The molecule has 4 aromatic rings. The number of carbonyl (C=O) groups excluding carboxylic acids is 1. The van der Waals surface area contributed by atoms with Crippen molar-refractivity contribution in [1.29, 1.82) is 0 Å². The van der Waals surface area contributed by atoms with Gasteiger partial charge in [0.1, 0.15) is 57.4 Å². The highest BCUT2D eigenvalue weighted by molar-refractivity contribution is 6.83. The predicted molar refractivity (Wildman–Crippen MR) is 342 cm³/mol. The standard InChI is InChI=1S/C68H91N3O17Si/c1-10-71(11-2)70-69-67-55-66(87-49-45-83-41-37-79-33-29-75-5)25-22-59(67)16-18-61-54-65(86-48-44-82-40-36-78-32-28-74-4)24-21-58(61)14-17-60-53-64(85-47-43-81-39-35-77-31-27-73-3)23-20-57(60)13-12-56-15-19-63(52-62(56)26-51-89(7,8)9)68(72)88-50-46-84-42-38-80-34-30-76-6/h15,19-25,52-55H,10-11,27-50H2,1-9H3. The smallest absolute Gasteiger partial charge is 0.338 e. The third-order valence-electron chi connectivity index (χ3n) is 11.9. The van der Waals surface area contributed by atoms with Crippen LogP contribution in [0.4, 0.5) is 5.69 Å². The third-order valence-corrected chi connectivity index (χ3v) is 12.8. The number of esters is 1. The summed E-state index contributed by atoms with van der Waals surface area (Å²) in [5, 5.41) is 11.0. The lowest BCUT2D eigenvalue weighted by Gasteiger charge is -2.12. The van der Waals surface area contributed by atoms with E-state index in [1.165, 1.54) is 0 Å². The monoisotopic (exact) mass is 1250 g/mol. The maximum Gasteiger partial charge on any atom is 0.338 e. The second-order valence-electron chi connectivity index (χ2n) is 20.0. The van der Waals surface area contributed by atoms with Gasteiger partial charge in [0.15, 0.2) is 0 Å². The van der Waals surface area contributed by atoms with Gasteiger partial charge in [0, 0.05) is 81.0 Å². The van der Waals surface area contributed by atoms with Crippen LogP contribution in [0.25, 0.3) is 0 Å². The normalized spacial score (nSPS) is 11.0. The number of carbonyl (C=O) groups is 1. The Morgan fingerprint density at radius 2 is 0.708 bits per heavy atom. The first kappa shape index (κ1) is 74.6. The first-order valence-corrected chi connectivity index (χ1v) is 33.5. The zero-order valence-electron chi connectivity index (χ0n) is 53.6. The molecule has 0 heterocycles. The van der Waals surface area contributed by atoms with Crippen molar-refractivity contribution >= 4 is 19.7 Å². The average molecular weight is 1250 g/mol. The molecule has 0 fully saturated rings. The van der Waals surface area contributed by atoms with Gasteiger partial charge in [-0.15, -0.1) is 10.7 Å². The second-order valence-corrected chi connectivity index (χ2v) is 24.7. The first-order chi connectivity index (χ1) is 43.5. The molecule has 484 valence electrons. The number of benzene rings is 4. The Hall–Kier alpha value is -6.87. The van der Waals surface area contributed by atoms with E-state index in [1.807, 2.05) is 73.5 Å². The molecule has 0 unspecified atom stereocenters. The van der Waals surface area contributed by atoms with Gasteiger partial charge in [-0.1, -0.05) is 66.3 Å². The molecule has 0 atom stereocenters. The molecule has 0 saturated carbocycles. The molecular weight excluding hydrogens is 1160 g/mol. The first-order valence-electron chi connectivity index (χ1n) is 30.0. The summed E-state index contributed by atoms with van der Waals surface area (Å²) in [6, 6.07) is 21.8. The van der Waals surface area contributed by atoms with E-state index in [-0.39, 0.29) is 26.4 Å². The van der Waals surface area contributed by atoms with E-state index in [9.17, 15) is 4.79 Å². The molecule has 0 bridgehead atoms. The quantitative estimate of drug-likeness (QED) is 0.0102. The van der Waals surface area contributed by atoms with Gasteiger partial charge in [0.2, 0.25) is 0 Å². The number of methoxy groups -OCH3 is 4. The minimum Gasteiger partial charge on any atom is -0.491 e. The number of hydrogen-bond acceptors (Lipinski definition) is 19. The molecule has 89 heavy (non-hydrogen) atoms. The molecule has 20 nitrogen and oxygen atoms in total. The summed E-state index contributed by atoms with van der Waals surface area (Å²) in [4.78, 5) is 13.3. The molecule has 0 N–H and O–H groups in total. The van der Waals surface area contributed by atoms with Crippen LogP contribution in [-0.4, -0.2) is 219 Å². The maximum absolute atomic E-state index is 13.3. The van der Waals surface area contributed by atoms with E-state index in [0.29, 0.717) is 213 Å². The zero-order valence-corrected chi connectivity index (χ0v) is 54.6. The fourth-order valence-electron chi connectivity index (χ4n) is 7.23. The molecule has 0 radical (unpaired) electrons. The van der Waals surface area contributed by atoms with E-state index >= 15 is 0 Å². The Bertz CT molecular complexity index is 2940. The van der Waals surface area contributed by atoms with Gasteiger partial charge in [0.05, 0.1) is 143 Å². The third kappa shape index (κ3) is 33.5. The van der Waals surface area contributed by atoms with Crippen LogP contribution in [0.15, 0.2) is 83.1 Å². The SMILES string of the molecule is CCN(CC)N=Nc1cc(OCCOCCOCCOC)ccc1C#Cc1cc(OCCOCCOCCOC)ccc1C#Cc1cc(OCCOCCOCCOC)ccc1C#Cc1ccc(C(=O)OCCOCCOCCOC)cc1C#C[Si](C)(C)C. The van der Waals surface area contributed by atoms with Crippen LogP contribution >= 0.6 is 0 Å². The van der Waals surface area contributed by atoms with Gasteiger partial charge in [-0.05, 0) is 80.6 Å². The van der Waals surface area contributed by atoms with E-state index < -0.39 is 14.0 Å². The van der Waals surface area contributed by atoms with Crippen LogP contribution in [0.1, 0.15) is 63.1 Å². The van der Waals surface area contributed by atoms with Crippen LogP contribution < -0.4 is 14.2 Å². The lowest BCUT2D eigenvalue weighted by Crippen LogP contribution is -2.16. The molecule has 4 aromatic carbocycles. The van der Waals surface area contributed by atoms with Crippen molar-refractivity contribution in [3.8, 4) is 64.2 Å². The average Bonchev–Trinajstić information content (AvgIpc) is 2.01. The minimum atomic E-state index is -1.87. The van der Waals surface area contributed by atoms with E-state index in [0.717, 1.165) is 0 Å². The summed E-state index contributed by atoms with van der Waals surface area (Å²) in [7, 11) is 4.64. The van der Waals surface area contributed by atoms with E-state index in [4.69, 9.17) is 75.8 Å². The van der Waals surface area contributed by atoms with Gasteiger partial charge in [-0.3, -0.25) is 5.01 Å². The van der Waals surface area contributed by atoms with E-state index in [1.54, 1.807) is 46.6 Å². The molecule has 4 rings (SSSR count). The van der Waals surface area contributed by atoms with Crippen LogP contribution in [0, 0.1) is 47.0 Å². The highest BCUT2D eigenvalue weighted by atomic mass is 28.3. The summed E-state index contributed by atoms with van der Waals surface area (Å²) in [5.74, 6) is 24.8. The molecule has 0 aliphatic carbocycles. The maximum atomic E-state index is 13.3. The van der Waals surface area contributed by atoms with Gasteiger partial charge >= 0.3 is 5.97 Å². The predicted octanol–water partition coefficient (Wildman–Crippen LogP) is 8.47. The molecule has 0 aromatic heterocycles. The topological polar surface area (TPSA) is 193 Å². The number of ether oxygens (including phenoxy) is 16. The summed E-state index contributed by atoms with van der Waals surface area (Å²) in [6.07, 6.45) is 0. The summed E-state index contributed by atoms with van der Waals surface area (Å²) < 4.78 is 89.0. The van der Waals surface area contributed by atoms with Crippen molar-refractivity contribution in [3.63, 3.8) is 0 Å². The van der Waals surface area contributed by atoms with E-state index in [2.05, 4.69) is 77.0 Å². The lowest BCUT2D eigenvalue weighted by molar-refractivity contribution is 0.00570. The number of nitrogens with zero attached hydrogens (tertiary/aromatic N) is 3. The molecule has 0 amide bonds. The van der Waals surface area contributed by atoms with Crippen LogP contribution in [0.5, 0.6) is 17.2 Å². The molecule has 21 heteroatoms. The Morgan fingerprint density at radius 3 is 1.10 bits per heavy atom. The molecular formula is C68H91N3O17Si. The highest BCUT2D eigenvalue weighted by Gasteiger charge is 2.14. The molecule has 0 spiro atoms. The zero-order chi connectivity index (χ0) is 63.8. The minimum absolute atomic E-state index is 0.0733. The molecule has 0 aliphatic rings. The fourth-order valence-corrected chi connectivity index (χ4v) is 7.74. The number of hydrogen-bond donors (Lipinski definition) is 0. The van der Waals surface area contributed by atoms with Crippen molar-refractivity contribution in [2.75, 3.05) is 200 Å². The van der Waals surface area contributed by atoms with Gasteiger partial charge in [-0.2, -0.15) is 0 Å². The highest BCUT2D eigenvalue weighted by Crippen LogP contribution is 2.27. The Balaban J connectivity index is 1.75. The van der Waals surface area contributed by atoms with Crippen molar-refractivity contribution in [3.05, 3.63) is 117 Å². The summed E-state index contributed by atoms with van der Waals surface area (Å²) in [5.41, 5.74) is 8.51. The van der Waals surface area contributed by atoms with Gasteiger partial charge in [0.25, 0.3) is 0 Å². The fraction of sp³-hybridized carbons (Fsp3) is 0.515. The van der Waals surface area contributed by atoms with Crippen LogP contribution in [0.2, 0.25) is 19.6 Å². The van der Waals surface area contributed by atoms with Crippen molar-refractivity contribution in [2.24, 2.45) is 10.3 Å². The summed E-state index contributed by atoms with van der Waals surface area (Å²) >= 11 is 0. The largest absolute Gasteiger partial charge is 0.491 e. The molecule has 0 aliphatic heterocycles. The van der Waals surface area contributed by atoms with Gasteiger partial charge in [-0.25, -0.2) is 4.79 Å². The number of rotatable bonds is 44. The summed E-state index contributed by atoms with van der Waals surface area (Å²) in [6.45, 7) is 21.4. The Morgan fingerprint density at radius 1 is 0.382 bits per heavy atom. The second kappa shape index (κ2) is 47.1. The van der Waals surface area contributed by atoms with Crippen molar-refractivity contribution in [1.82, 2.24) is 5.01 Å². The van der Waals surface area contributed by atoms with Crippen LogP contribution in [-0.2, 0) is 61.6 Å². The Labute approximate surface area is 528 Å². The van der Waals surface area contributed by atoms with Crippen molar-refractivity contribution < 1.29 is 80.6 Å². The van der Waals surface area contributed by atoms with Crippen LogP contribution in [0.3, 0.4) is 0 Å².